The summed E-state index contributed by atoms with van der Waals surface area (Å²) < 4.78 is 0. The van der Waals surface area contributed by atoms with Gasteiger partial charge in [0.25, 0.3) is 5.91 Å². The quantitative estimate of drug-likeness (QED) is 0.923. The Balaban J connectivity index is 1.73. The van der Waals surface area contributed by atoms with E-state index >= 15 is 0 Å². The number of carbonyl (C=O) groups is 1. The molecule has 2 aliphatic rings. The minimum Gasteiger partial charge on any atom is -0.378 e. The molecule has 0 spiro atoms. The Kier molecular flexibility index (Phi) is 3.50. The highest BCUT2D eigenvalue weighted by Crippen LogP contribution is 2.65. The fourth-order valence-corrected chi connectivity index (χ4v) is 4.57. The van der Waals surface area contributed by atoms with E-state index in [4.69, 9.17) is 0 Å². The molecule has 2 saturated carbocycles. The number of hydrogen-bond donors (Lipinski definition) is 1. The molecule has 1 N–H and O–H groups in total. The lowest BCUT2D eigenvalue weighted by atomic mass is 9.69. The summed E-state index contributed by atoms with van der Waals surface area (Å²) in [7, 11) is 4.01. The van der Waals surface area contributed by atoms with E-state index in [1.54, 1.807) is 0 Å². The number of nitrogens with zero attached hydrogens (tertiary/aromatic N) is 1. The monoisotopic (exact) mass is 300 g/mol. The van der Waals surface area contributed by atoms with Crippen LogP contribution >= 0.6 is 0 Å². The van der Waals surface area contributed by atoms with Crippen molar-refractivity contribution in [3.05, 3.63) is 29.8 Å². The fraction of sp³-hybridized carbons (Fsp3) is 0.632. The third-order valence-corrected chi connectivity index (χ3v) is 6.75. The summed E-state index contributed by atoms with van der Waals surface area (Å²) in [5, 5.41) is 3.32. The van der Waals surface area contributed by atoms with E-state index in [-0.39, 0.29) is 11.3 Å². The van der Waals surface area contributed by atoms with Crippen molar-refractivity contribution in [2.24, 2.45) is 16.7 Å². The molecule has 1 aromatic rings. The molecule has 3 heteroatoms. The van der Waals surface area contributed by atoms with Crippen LogP contribution in [0.25, 0.3) is 0 Å². The number of anilines is 1. The molecule has 2 fully saturated rings. The Labute approximate surface area is 134 Å². The van der Waals surface area contributed by atoms with E-state index < -0.39 is 0 Å². The first-order valence-corrected chi connectivity index (χ1v) is 8.34. The first kappa shape index (κ1) is 15.4. The molecule has 0 saturated heterocycles. The molecule has 1 amide bonds. The van der Waals surface area contributed by atoms with Crippen LogP contribution in [0.15, 0.2) is 24.3 Å². The zero-order valence-corrected chi connectivity index (χ0v) is 14.4. The highest BCUT2D eigenvalue weighted by atomic mass is 16.1. The van der Waals surface area contributed by atoms with Crippen molar-refractivity contribution in [1.82, 2.24) is 5.32 Å². The summed E-state index contributed by atoms with van der Waals surface area (Å²) in [5.41, 5.74) is 2.44. The number of fused-ring (bicyclic) bond motifs is 2. The van der Waals surface area contributed by atoms with Crippen LogP contribution in [0.3, 0.4) is 0 Å². The van der Waals surface area contributed by atoms with E-state index in [0.717, 1.165) is 23.6 Å². The summed E-state index contributed by atoms with van der Waals surface area (Å²) in [6, 6.07) is 8.15. The van der Waals surface area contributed by atoms with Crippen molar-refractivity contribution in [3.63, 3.8) is 0 Å². The Hall–Kier alpha value is -1.51. The van der Waals surface area contributed by atoms with Crippen molar-refractivity contribution in [1.29, 1.82) is 0 Å². The molecule has 3 rings (SSSR count). The zero-order chi connectivity index (χ0) is 16.1. The lowest BCUT2D eigenvalue weighted by Crippen LogP contribution is -2.46. The summed E-state index contributed by atoms with van der Waals surface area (Å²) in [5.74, 6) is 0.818. The third-order valence-electron chi connectivity index (χ3n) is 6.75. The van der Waals surface area contributed by atoms with Gasteiger partial charge in [-0.15, -0.1) is 0 Å². The predicted octanol–water partition coefficient (Wildman–Crippen LogP) is 3.70. The highest BCUT2D eigenvalue weighted by molar-refractivity contribution is 5.94. The summed E-state index contributed by atoms with van der Waals surface area (Å²) in [4.78, 5) is 14.6. The minimum atomic E-state index is 0.0693. The predicted molar refractivity (Wildman–Crippen MR) is 91.3 cm³/mol. The Bertz CT molecular complexity index is 576. The Morgan fingerprint density at radius 3 is 2.27 bits per heavy atom. The van der Waals surface area contributed by atoms with Crippen LogP contribution in [0.2, 0.25) is 0 Å². The second-order valence-electron chi connectivity index (χ2n) is 8.08. The van der Waals surface area contributed by atoms with Crippen molar-refractivity contribution in [2.45, 2.75) is 46.1 Å². The van der Waals surface area contributed by atoms with E-state index in [9.17, 15) is 4.79 Å². The van der Waals surface area contributed by atoms with Gasteiger partial charge in [0.1, 0.15) is 0 Å². The first-order valence-electron chi connectivity index (χ1n) is 8.34. The smallest absolute Gasteiger partial charge is 0.251 e. The van der Waals surface area contributed by atoms with Crippen molar-refractivity contribution >= 4 is 11.6 Å². The normalized spacial score (nSPS) is 32.0. The largest absolute Gasteiger partial charge is 0.378 e. The minimum absolute atomic E-state index is 0.0693. The summed E-state index contributed by atoms with van der Waals surface area (Å²) in [6.45, 7) is 7.12. The van der Waals surface area contributed by atoms with Crippen LogP contribution < -0.4 is 10.2 Å². The topological polar surface area (TPSA) is 32.3 Å². The molecule has 0 aromatic heterocycles. The average molecular weight is 300 g/mol. The maximum Gasteiger partial charge on any atom is 0.251 e. The molecular weight excluding hydrogens is 272 g/mol. The van der Waals surface area contributed by atoms with Crippen molar-refractivity contribution < 1.29 is 4.79 Å². The summed E-state index contributed by atoms with van der Waals surface area (Å²) in [6.07, 6.45) is 3.67. The molecule has 22 heavy (non-hydrogen) atoms. The zero-order valence-electron chi connectivity index (χ0n) is 14.4. The second-order valence-corrected chi connectivity index (χ2v) is 8.08. The third kappa shape index (κ3) is 2.13. The molecular formula is C19H28N2O. The Morgan fingerprint density at radius 2 is 1.82 bits per heavy atom. The average Bonchev–Trinajstić information content (AvgIpc) is 2.80. The van der Waals surface area contributed by atoms with Crippen LogP contribution in [0.1, 0.15) is 50.4 Å². The number of amides is 1. The van der Waals surface area contributed by atoms with Gasteiger partial charge in [-0.2, -0.15) is 0 Å². The number of carbonyl (C=O) groups excluding carboxylic acids is 1. The van der Waals surface area contributed by atoms with Gasteiger partial charge in [0.05, 0.1) is 0 Å². The molecule has 0 heterocycles. The van der Waals surface area contributed by atoms with Gasteiger partial charge in [0.15, 0.2) is 0 Å². The number of benzene rings is 1. The van der Waals surface area contributed by atoms with Gasteiger partial charge < -0.3 is 10.2 Å². The van der Waals surface area contributed by atoms with Crippen molar-refractivity contribution in [3.8, 4) is 0 Å². The van der Waals surface area contributed by atoms with Gasteiger partial charge >= 0.3 is 0 Å². The molecule has 1 aromatic carbocycles. The van der Waals surface area contributed by atoms with E-state index in [2.05, 4.69) is 26.1 Å². The fourth-order valence-electron chi connectivity index (χ4n) is 4.57. The van der Waals surface area contributed by atoms with Crippen LogP contribution in [-0.4, -0.2) is 26.0 Å². The molecule has 0 aliphatic heterocycles. The number of hydrogen-bond acceptors (Lipinski definition) is 2. The van der Waals surface area contributed by atoms with E-state index in [0.29, 0.717) is 11.5 Å². The lowest BCUT2D eigenvalue weighted by molar-refractivity contribution is 0.0826. The first-order chi connectivity index (χ1) is 10.3. The Morgan fingerprint density at radius 1 is 1.18 bits per heavy atom. The number of rotatable bonds is 3. The van der Waals surface area contributed by atoms with Gasteiger partial charge in [0.2, 0.25) is 0 Å². The molecule has 0 unspecified atom stereocenters. The van der Waals surface area contributed by atoms with Gasteiger partial charge in [-0.1, -0.05) is 20.8 Å². The molecule has 3 nitrogen and oxygen atoms in total. The van der Waals surface area contributed by atoms with Crippen molar-refractivity contribution in [2.75, 3.05) is 19.0 Å². The van der Waals surface area contributed by atoms with Gasteiger partial charge in [-0.25, -0.2) is 0 Å². The molecule has 3 atom stereocenters. The second kappa shape index (κ2) is 5.00. The SMILES string of the molecule is CN(C)c1ccc(C(=O)N[C@@H]2C[C@H]3CC[C@]2(C)C3(C)C)cc1. The maximum absolute atomic E-state index is 12.6. The van der Waals surface area contributed by atoms with Gasteiger partial charge in [-0.05, 0) is 60.3 Å². The maximum atomic E-state index is 12.6. The van der Waals surface area contributed by atoms with Crippen LogP contribution in [0, 0.1) is 16.7 Å². The highest BCUT2D eigenvalue weighted by Gasteiger charge is 2.61. The van der Waals surface area contributed by atoms with Crippen LogP contribution in [0.5, 0.6) is 0 Å². The van der Waals surface area contributed by atoms with Crippen LogP contribution in [-0.2, 0) is 0 Å². The van der Waals surface area contributed by atoms with E-state index in [1.165, 1.54) is 12.8 Å². The van der Waals surface area contributed by atoms with Gasteiger partial charge in [-0.3, -0.25) is 4.79 Å². The standard InChI is InChI=1S/C19H28N2O/c1-18(2)14-10-11-19(18,3)16(12-14)20-17(22)13-6-8-15(9-7-13)21(4)5/h6-9,14,16H,10-12H2,1-5H3,(H,20,22)/t14-,16-,19+/m1/s1. The van der Waals surface area contributed by atoms with E-state index in [1.807, 2.05) is 43.3 Å². The van der Waals surface area contributed by atoms with Crippen LogP contribution in [0.4, 0.5) is 5.69 Å². The molecule has 2 aliphatic carbocycles. The molecule has 120 valence electrons. The number of nitrogens with one attached hydrogen (secondary N) is 1. The lowest BCUT2D eigenvalue weighted by Gasteiger charge is -2.39. The van der Waals surface area contributed by atoms with Gasteiger partial charge in [0, 0.05) is 31.4 Å². The summed E-state index contributed by atoms with van der Waals surface area (Å²) >= 11 is 0. The molecule has 0 radical (unpaired) electrons. The molecule has 2 bridgehead atoms.